The maximum Gasteiger partial charge on any atom is 0.140 e. The first kappa shape index (κ1) is 14.6. The van der Waals surface area contributed by atoms with Crippen LogP contribution in [0.15, 0.2) is 22.7 Å². The second-order valence-electron chi connectivity index (χ2n) is 5.29. The van der Waals surface area contributed by atoms with Crippen molar-refractivity contribution < 1.29 is 9.53 Å². The summed E-state index contributed by atoms with van der Waals surface area (Å²) in [5.74, 6) is 1.44. The highest BCUT2D eigenvalue weighted by Gasteiger charge is 2.21. The molecule has 104 valence electrons. The van der Waals surface area contributed by atoms with Crippen LogP contribution < -0.4 is 4.74 Å². The molecule has 0 atom stereocenters. The zero-order valence-corrected chi connectivity index (χ0v) is 13.0. The topological polar surface area (TPSA) is 26.3 Å². The summed E-state index contributed by atoms with van der Waals surface area (Å²) in [6, 6.07) is 5.85. The second-order valence-corrected chi connectivity index (χ2v) is 6.20. The molecule has 19 heavy (non-hydrogen) atoms. The van der Waals surface area contributed by atoms with E-state index in [0.717, 1.165) is 28.6 Å². The van der Waals surface area contributed by atoms with E-state index in [4.69, 9.17) is 4.74 Å². The Morgan fingerprint density at radius 1 is 1.26 bits per heavy atom. The van der Waals surface area contributed by atoms with Gasteiger partial charge in [-0.15, -0.1) is 0 Å². The highest BCUT2D eigenvalue weighted by Crippen LogP contribution is 2.28. The number of hydrogen-bond acceptors (Lipinski definition) is 2. The Kier molecular flexibility index (Phi) is 5.44. The molecule has 1 aromatic rings. The number of rotatable bonds is 4. The van der Waals surface area contributed by atoms with E-state index in [0.29, 0.717) is 12.2 Å². The highest BCUT2D eigenvalue weighted by atomic mass is 79.9. The number of methoxy groups -OCH3 is 1. The van der Waals surface area contributed by atoms with Gasteiger partial charge in [0.2, 0.25) is 0 Å². The fourth-order valence-electron chi connectivity index (χ4n) is 2.82. The number of Topliss-reactive ketones (excluding diaryl/α,β-unsaturated/α-hetero) is 1. The number of ketones is 1. The fraction of sp³-hybridized carbons (Fsp3) is 0.562. The van der Waals surface area contributed by atoms with Gasteiger partial charge in [0, 0.05) is 22.4 Å². The van der Waals surface area contributed by atoms with Crippen LogP contribution in [-0.4, -0.2) is 12.9 Å². The van der Waals surface area contributed by atoms with Crippen LogP contribution in [0.1, 0.15) is 44.1 Å². The predicted molar refractivity (Wildman–Crippen MR) is 80.6 cm³/mol. The maximum atomic E-state index is 12.4. The Morgan fingerprint density at radius 3 is 2.58 bits per heavy atom. The molecule has 0 saturated heterocycles. The van der Waals surface area contributed by atoms with Crippen molar-refractivity contribution in [1.82, 2.24) is 0 Å². The molecule has 0 spiro atoms. The van der Waals surface area contributed by atoms with Crippen molar-refractivity contribution >= 4 is 21.7 Å². The quantitative estimate of drug-likeness (QED) is 0.760. The third-order valence-electron chi connectivity index (χ3n) is 3.92. The lowest BCUT2D eigenvalue weighted by Crippen LogP contribution is -2.16. The molecule has 0 heterocycles. The van der Waals surface area contributed by atoms with E-state index in [9.17, 15) is 4.79 Å². The van der Waals surface area contributed by atoms with Crippen molar-refractivity contribution in [3.05, 3.63) is 28.2 Å². The summed E-state index contributed by atoms with van der Waals surface area (Å²) >= 11 is 3.46. The third-order valence-corrected chi connectivity index (χ3v) is 4.41. The molecule has 2 rings (SSSR count). The second kappa shape index (κ2) is 7.09. The Hall–Kier alpha value is -0.830. The van der Waals surface area contributed by atoms with E-state index >= 15 is 0 Å². The Labute approximate surface area is 123 Å². The van der Waals surface area contributed by atoms with Gasteiger partial charge in [0.05, 0.1) is 7.11 Å². The largest absolute Gasteiger partial charge is 0.496 e. The lowest BCUT2D eigenvalue weighted by atomic mass is 9.91. The molecule has 1 saturated carbocycles. The summed E-state index contributed by atoms with van der Waals surface area (Å²) < 4.78 is 6.34. The van der Waals surface area contributed by atoms with Gasteiger partial charge >= 0.3 is 0 Å². The molecular weight excluding hydrogens is 304 g/mol. The minimum atomic E-state index is 0.256. The van der Waals surface area contributed by atoms with Crippen LogP contribution in [0.25, 0.3) is 0 Å². The average molecular weight is 325 g/mol. The van der Waals surface area contributed by atoms with E-state index < -0.39 is 0 Å². The van der Waals surface area contributed by atoms with Crippen LogP contribution in [0.3, 0.4) is 0 Å². The number of carbonyl (C=O) groups is 1. The van der Waals surface area contributed by atoms with E-state index in [2.05, 4.69) is 15.9 Å². The molecule has 0 bridgehead atoms. The molecule has 0 N–H and O–H groups in total. The van der Waals surface area contributed by atoms with E-state index in [1.165, 1.54) is 25.7 Å². The van der Waals surface area contributed by atoms with Crippen molar-refractivity contribution in [2.75, 3.05) is 7.11 Å². The Balaban J connectivity index is 2.07. The van der Waals surface area contributed by atoms with Crippen LogP contribution in [0, 0.1) is 5.92 Å². The van der Waals surface area contributed by atoms with Gasteiger partial charge in [0.1, 0.15) is 11.5 Å². The summed E-state index contributed by atoms with van der Waals surface area (Å²) in [5.41, 5.74) is 0.992. The molecule has 1 aromatic carbocycles. The summed E-state index contributed by atoms with van der Waals surface area (Å²) in [5, 5.41) is 0. The lowest BCUT2D eigenvalue weighted by Gasteiger charge is -2.14. The smallest absolute Gasteiger partial charge is 0.140 e. The molecular formula is C16H21BrO2. The predicted octanol–water partition coefficient (Wildman–Crippen LogP) is 4.54. The molecule has 0 radical (unpaired) electrons. The zero-order valence-electron chi connectivity index (χ0n) is 11.5. The van der Waals surface area contributed by atoms with Crippen molar-refractivity contribution in [3.63, 3.8) is 0 Å². The maximum absolute atomic E-state index is 12.4. The standard InChI is InChI=1S/C16H21BrO2/c1-19-16-9-8-14(17)10-13(16)11-15(18)12-6-4-2-3-5-7-12/h8-10,12H,2-7,11H2,1H3. The Morgan fingerprint density at radius 2 is 1.95 bits per heavy atom. The summed E-state index contributed by atoms with van der Waals surface area (Å²) in [6.45, 7) is 0. The summed E-state index contributed by atoms with van der Waals surface area (Å²) in [4.78, 5) is 12.4. The normalized spacial score (nSPS) is 16.9. The van der Waals surface area contributed by atoms with Crippen molar-refractivity contribution in [1.29, 1.82) is 0 Å². The molecule has 1 aliphatic carbocycles. The van der Waals surface area contributed by atoms with Gasteiger partial charge in [-0.3, -0.25) is 4.79 Å². The molecule has 1 fully saturated rings. The van der Waals surface area contributed by atoms with Crippen LogP contribution in [0.4, 0.5) is 0 Å². The SMILES string of the molecule is COc1ccc(Br)cc1CC(=O)C1CCCCCC1. The minimum absolute atomic E-state index is 0.256. The number of ether oxygens (including phenoxy) is 1. The van der Waals surface area contributed by atoms with Crippen molar-refractivity contribution in [3.8, 4) is 5.75 Å². The number of benzene rings is 1. The summed E-state index contributed by atoms with van der Waals surface area (Å²) in [7, 11) is 1.66. The van der Waals surface area contributed by atoms with Gasteiger partial charge in [-0.05, 0) is 31.0 Å². The van der Waals surface area contributed by atoms with Gasteiger partial charge < -0.3 is 4.74 Å². The first-order valence-electron chi connectivity index (χ1n) is 7.06. The number of hydrogen-bond donors (Lipinski definition) is 0. The van der Waals surface area contributed by atoms with Crippen LogP contribution in [0.5, 0.6) is 5.75 Å². The van der Waals surface area contributed by atoms with E-state index in [1.807, 2.05) is 18.2 Å². The van der Waals surface area contributed by atoms with Gasteiger partial charge in [-0.1, -0.05) is 41.6 Å². The minimum Gasteiger partial charge on any atom is -0.496 e. The van der Waals surface area contributed by atoms with E-state index in [1.54, 1.807) is 7.11 Å². The first-order valence-corrected chi connectivity index (χ1v) is 7.85. The molecule has 3 heteroatoms. The number of carbonyl (C=O) groups excluding carboxylic acids is 1. The summed E-state index contributed by atoms with van der Waals surface area (Å²) in [6.07, 6.45) is 7.59. The fourth-order valence-corrected chi connectivity index (χ4v) is 3.23. The highest BCUT2D eigenvalue weighted by molar-refractivity contribution is 9.10. The van der Waals surface area contributed by atoms with Crippen molar-refractivity contribution in [2.45, 2.75) is 44.9 Å². The number of halogens is 1. The molecule has 2 nitrogen and oxygen atoms in total. The molecule has 1 aliphatic rings. The van der Waals surface area contributed by atoms with Crippen LogP contribution in [-0.2, 0) is 11.2 Å². The first-order chi connectivity index (χ1) is 9.20. The van der Waals surface area contributed by atoms with Gasteiger partial charge in [0.25, 0.3) is 0 Å². The van der Waals surface area contributed by atoms with Gasteiger partial charge in [-0.2, -0.15) is 0 Å². The monoisotopic (exact) mass is 324 g/mol. The molecule has 0 aliphatic heterocycles. The molecule has 0 amide bonds. The zero-order chi connectivity index (χ0) is 13.7. The van der Waals surface area contributed by atoms with Crippen molar-refractivity contribution in [2.24, 2.45) is 5.92 Å². The molecule has 0 unspecified atom stereocenters. The van der Waals surface area contributed by atoms with Crippen LogP contribution >= 0.6 is 15.9 Å². The van der Waals surface area contributed by atoms with E-state index in [-0.39, 0.29) is 5.92 Å². The van der Waals surface area contributed by atoms with Gasteiger partial charge in [0.15, 0.2) is 0 Å². The van der Waals surface area contributed by atoms with Crippen LogP contribution in [0.2, 0.25) is 0 Å². The third kappa shape index (κ3) is 4.07. The average Bonchev–Trinajstić information content (AvgIpc) is 2.68. The lowest BCUT2D eigenvalue weighted by molar-refractivity contribution is -0.122. The molecule has 0 aromatic heterocycles. The Bertz CT molecular complexity index is 434. The van der Waals surface area contributed by atoms with Gasteiger partial charge in [-0.25, -0.2) is 0 Å².